The van der Waals surface area contributed by atoms with Crippen molar-refractivity contribution in [1.82, 2.24) is 28.2 Å². The number of aromatic amines is 2. The number of halogens is 2. The highest BCUT2D eigenvalue weighted by Crippen LogP contribution is 2.46. The van der Waals surface area contributed by atoms with Gasteiger partial charge in [-0.25, -0.2) is 19.2 Å². The Morgan fingerprint density at radius 1 is 0.694 bits per heavy atom. The molecule has 0 aliphatic carbocycles. The van der Waals surface area contributed by atoms with Crippen molar-refractivity contribution in [3.63, 3.8) is 0 Å². The molecule has 2 aromatic carbocycles. The first kappa shape index (κ1) is 89.5. The van der Waals surface area contributed by atoms with Crippen LogP contribution in [0.3, 0.4) is 0 Å². The molecule has 0 radical (unpaired) electrons. The van der Waals surface area contributed by atoms with Gasteiger partial charge in [-0.05, 0) is 97.8 Å². The van der Waals surface area contributed by atoms with Crippen LogP contribution in [0.4, 0.5) is 16.2 Å². The Balaban J connectivity index is 0.000000256. The minimum Gasteiger partial charge on any atom is -0.496 e. The van der Waals surface area contributed by atoms with Crippen LogP contribution in [0, 0.1) is 46.5 Å². The number of benzene rings is 2. The summed E-state index contributed by atoms with van der Waals surface area (Å²) in [7, 11) is 0.813. The molecule has 3 aliphatic heterocycles. The number of H-pyrrole nitrogens is 2. The number of aliphatic hydroxyl groups excluding tert-OH is 4. The lowest BCUT2D eigenvalue weighted by molar-refractivity contribution is -0.386. The summed E-state index contributed by atoms with van der Waals surface area (Å²) in [5.41, 5.74) is -5.75. The Kier molecular flexibility index (Phi) is 30.7. The first-order valence-electron chi connectivity index (χ1n) is 34.8. The molecule has 11 atom stereocenters. The van der Waals surface area contributed by atoms with Crippen molar-refractivity contribution in [3.8, 4) is 23.3 Å². The lowest BCUT2D eigenvalue weighted by Gasteiger charge is -2.39. The number of aliphatic hydroxyl groups is 4. The van der Waals surface area contributed by atoms with Crippen molar-refractivity contribution in [2.24, 2.45) is 10.8 Å². The van der Waals surface area contributed by atoms with Crippen LogP contribution in [0.2, 0.25) is 18.1 Å². The molecule has 6 N–H and O–H groups in total. The number of ketones is 1. The molecule has 108 heavy (non-hydrogen) atoms. The summed E-state index contributed by atoms with van der Waals surface area (Å²) in [6.07, 6.45) is -3.38. The average molecular weight is 1710 g/mol. The first-order valence-corrected chi connectivity index (χ1v) is 39.9. The van der Waals surface area contributed by atoms with Gasteiger partial charge in [-0.3, -0.25) is 63.1 Å². The summed E-state index contributed by atoms with van der Waals surface area (Å²) in [5.74, 6) is 6.38. The third-order valence-corrected chi connectivity index (χ3v) is 24.3. The smallest absolute Gasteiger partial charge is 0.425 e. The van der Waals surface area contributed by atoms with Gasteiger partial charge in [0.1, 0.15) is 53.8 Å². The zero-order chi connectivity index (χ0) is 81.2. The second kappa shape index (κ2) is 37.1. The van der Waals surface area contributed by atoms with E-state index in [9.17, 15) is 79.0 Å². The highest BCUT2D eigenvalue weighted by Gasteiger charge is 2.46. The van der Waals surface area contributed by atoms with E-state index in [0.717, 1.165) is 15.6 Å². The van der Waals surface area contributed by atoms with Gasteiger partial charge in [0.2, 0.25) is 0 Å². The number of hydrogen-bond acceptors (Lipinski definition) is 25. The van der Waals surface area contributed by atoms with Crippen molar-refractivity contribution < 1.29 is 82.2 Å². The van der Waals surface area contributed by atoms with Crippen LogP contribution in [0.1, 0.15) is 200 Å². The number of rotatable bonds is 23. The first-order chi connectivity index (χ1) is 50.1. The number of alkyl halides is 1. The van der Waals surface area contributed by atoms with Gasteiger partial charge in [0.25, 0.3) is 28.1 Å². The van der Waals surface area contributed by atoms with Crippen molar-refractivity contribution in [2.75, 3.05) is 27.4 Å². The van der Waals surface area contributed by atoms with Crippen molar-refractivity contribution >= 4 is 70.1 Å². The number of carbonyl (C=O) groups excluding carboxylic acids is 2. The van der Waals surface area contributed by atoms with Crippen LogP contribution in [-0.2, 0) is 56.2 Å². The van der Waals surface area contributed by atoms with Gasteiger partial charge in [-0.1, -0.05) is 97.0 Å². The maximum Gasteiger partial charge on any atom is 0.425 e. The molecule has 0 amide bonds. The minimum absolute atomic E-state index is 0.0188. The van der Waals surface area contributed by atoms with Crippen LogP contribution in [-0.4, -0.2) is 148 Å². The molecule has 0 saturated carbocycles. The van der Waals surface area contributed by atoms with E-state index in [1.165, 1.54) is 62.5 Å². The SMILES string of the molecule is CC[C@H]1O[C@@H](n2cc(CBr)c(=O)n(C(=O)OC(C)(C)C)c2=O)CC1O[Si](C)(C)C(C)(C)C.COc1cc([C@@H](OCc2cn([C@H]3CC(O)[C@@H](CO)O3)c(=O)[nH]c2=O)C(C)(C)C)c([N+](=O)[O-])cc1C#CCCC(C)=O.COc1cc([C@@H](OCc2cn([C@H]3CC(O)[C@@H](CO)O3)c(=O)[nH]c2=O)C(C)(C)C)c([N+](=O)[O-])cc1I. The van der Waals surface area contributed by atoms with Crippen molar-refractivity contribution in [3.05, 3.63) is 163 Å². The normalized spacial score (nSPS) is 20.8. The largest absolute Gasteiger partial charge is 0.496 e. The third kappa shape index (κ3) is 22.4. The second-order valence-electron chi connectivity index (χ2n) is 30.9. The quantitative estimate of drug-likeness (QED) is 0.00887. The number of nitro benzene ring substituents is 2. The van der Waals surface area contributed by atoms with E-state index < -0.39 is 143 Å². The number of methoxy groups -OCH3 is 2. The van der Waals surface area contributed by atoms with E-state index in [4.69, 9.17) is 42.3 Å². The van der Waals surface area contributed by atoms with Crippen molar-refractivity contribution in [2.45, 2.75) is 245 Å². The van der Waals surface area contributed by atoms with Crippen LogP contribution in [0.5, 0.6) is 11.5 Å². The summed E-state index contributed by atoms with van der Waals surface area (Å²) < 4.78 is 56.9. The molecule has 8 rings (SSSR count). The summed E-state index contributed by atoms with van der Waals surface area (Å²) in [4.78, 5) is 127. The number of nitrogens with zero attached hydrogens (tertiary/aromatic N) is 6. The molecule has 3 unspecified atom stereocenters. The predicted molar refractivity (Wildman–Crippen MR) is 409 cm³/mol. The lowest BCUT2D eigenvalue weighted by atomic mass is 9.83. The van der Waals surface area contributed by atoms with E-state index >= 15 is 0 Å². The zero-order valence-electron chi connectivity index (χ0n) is 64.0. The maximum absolute atomic E-state index is 13.2. The highest BCUT2D eigenvalue weighted by molar-refractivity contribution is 14.1. The minimum atomic E-state index is -2.06. The standard InChI is InChI=1S/C28H35N3O10.C22H37BrN2O6Si.C22H28IN3O9/c1-16(33)8-6-7-9-17-10-20(31(37)38)19(11-22(17)39-5)25(28(2,3)4)40-15-18-13-30(27(36)29-26(18)35)24-12-21(34)23(14-32)41-24;1-10-15-16(31-32(8,9)22(5,6)7)11-17(29-15)24-13-14(12-23)18(26)25(19(24)27)20(28)30-21(2,3)4;1-22(2,3)19(12-5-16(33-4)13(23)6-14(12)26(31)32)34-10-11-8-25(21(30)24-20(11)29)18-7-15(28)17(9-27)35-18/h10-11,13,21,23-25,32,34H,6,8,12,14-15H2,1-5H3,(H,29,35,36);13,15-17H,10-12H2,1-9H3;5-6,8,15,17-19,27-28H,7,9-10H2,1-4H3,(H,24,29,30)/t21?,23-,24-,25-;15-,16?,17-;15?,17-,18-,19-/m111/s1. The maximum atomic E-state index is 13.2. The van der Waals surface area contributed by atoms with Gasteiger partial charge < -0.3 is 62.7 Å². The summed E-state index contributed by atoms with van der Waals surface area (Å²) >= 11 is 5.23. The number of Topliss-reactive ketones (excluding diaryl/α,β-unsaturated/α-hetero) is 1. The number of hydrogen-bond donors (Lipinski definition) is 6. The molecule has 5 aromatic rings. The Hall–Kier alpha value is -7.39. The molecule has 0 bridgehead atoms. The lowest BCUT2D eigenvalue weighted by Crippen LogP contribution is -2.47. The van der Waals surface area contributed by atoms with E-state index in [1.54, 1.807) is 26.8 Å². The summed E-state index contributed by atoms with van der Waals surface area (Å²) in [6.45, 7) is 29.0. The molecule has 3 fully saturated rings. The molecule has 36 heteroatoms. The number of nitro groups is 2. The van der Waals surface area contributed by atoms with Gasteiger partial charge in [-0.2, -0.15) is 4.57 Å². The molecule has 33 nitrogen and oxygen atoms in total. The van der Waals surface area contributed by atoms with Gasteiger partial charge in [0, 0.05) is 73.7 Å². The third-order valence-electron chi connectivity index (χ3n) is 18.3. The molecular weight excluding hydrogens is 1610 g/mol. The summed E-state index contributed by atoms with van der Waals surface area (Å²) in [5, 5.41) is 62.9. The predicted octanol–water partition coefficient (Wildman–Crippen LogP) is 8.90. The molecule has 3 aliphatic rings. The fraction of sp³-hybridized carbons (Fsp3) is 0.611. The van der Waals surface area contributed by atoms with Gasteiger partial charge in [0.15, 0.2) is 8.32 Å². The van der Waals surface area contributed by atoms with Crippen LogP contribution in [0.25, 0.3) is 0 Å². The molecule has 3 aromatic heterocycles. The van der Waals surface area contributed by atoms with Crippen LogP contribution >= 0.6 is 38.5 Å². The van der Waals surface area contributed by atoms with Crippen LogP contribution in [0.15, 0.2) is 71.6 Å². The monoisotopic (exact) mass is 1710 g/mol. The second-order valence-corrected chi connectivity index (χ2v) is 37.4. The molecule has 596 valence electrons. The Morgan fingerprint density at radius 3 is 1.54 bits per heavy atom. The van der Waals surface area contributed by atoms with E-state index in [-0.39, 0.29) is 111 Å². The van der Waals surface area contributed by atoms with Gasteiger partial charge >= 0.3 is 23.2 Å². The number of nitrogens with one attached hydrogen (secondary N) is 2. The van der Waals surface area contributed by atoms with Crippen LogP contribution < -0.4 is 43.2 Å². The van der Waals surface area contributed by atoms with Gasteiger partial charge in [-0.15, -0.1) is 0 Å². The Bertz CT molecular complexity index is 4510. The number of carbonyl (C=O) groups is 2. The van der Waals surface area contributed by atoms with Crippen molar-refractivity contribution in [1.29, 1.82) is 0 Å². The summed E-state index contributed by atoms with van der Waals surface area (Å²) in [6, 6.07) is 5.75. The molecular formula is C72H100BrIN8O25Si. The Morgan fingerprint density at radius 2 is 1.14 bits per heavy atom. The fourth-order valence-corrected chi connectivity index (χ4v) is 14.2. The van der Waals surface area contributed by atoms with E-state index in [1.807, 2.05) is 71.1 Å². The Labute approximate surface area is 646 Å². The molecule has 3 saturated heterocycles. The number of ether oxygens (including phenoxy) is 8. The molecule has 0 spiro atoms. The average Bonchev–Trinajstić information content (AvgIpc) is 1.67. The zero-order valence-corrected chi connectivity index (χ0v) is 68.7. The van der Waals surface area contributed by atoms with E-state index in [2.05, 4.69) is 71.6 Å². The van der Waals surface area contributed by atoms with Gasteiger partial charge in [0.05, 0.1) is 119 Å². The fourth-order valence-electron chi connectivity index (χ4n) is 11.7. The topological polar surface area (TPSA) is 438 Å². The highest BCUT2D eigenvalue weighted by atomic mass is 127. The number of aromatic nitrogens is 6. The van der Waals surface area contributed by atoms with E-state index in [0.29, 0.717) is 26.7 Å². The molecule has 6 heterocycles.